The molecule has 2 rings (SSSR count). The Morgan fingerprint density at radius 1 is 1.30 bits per heavy atom. The van der Waals surface area contributed by atoms with Gasteiger partial charge in [0.15, 0.2) is 0 Å². The number of benzene rings is 1. The molecule has 0 saturated heterocycles. The summed E-state index contributed by atoms with van der Waals surface area (Å²) < 4.78 is 26.6. The van der Waals surface area contributed by atoms with Gasteiger partial charge in [0, 0.05) is 25.3 Å². The van der Waals surface area contributed by atoms with E-state index in [0.29, 0.717) is 10.8 Å². The third kappa shape index (κ3) is 3.33. The van der Waals surface area contributed by atoms with Gasteiger partial charge in [-0.25, -0.2) is 8.42 Å². The Balaban J connectivity index is 2.12. The van der Waals surface area contributed by atoms with E-state index in [1.54, 1.807) is 19.2 Å². The van der Waals surface area contributed by atoms with Crippen LogP contribution in [0.2, 0.25) is 0 Å². The van der Waals surface area contributed by atoms with Crippen LogP contribution in [0.15, 0.2) is 29.2 Å². The molecule has 0 bridgehead atoms. The minimum Gasteiger partial charge on any atom is -0.385 e. The van der Waals surface area contributed by atoms with Crippen molar-refractivity contribution in [2.24, 2.45) is 5.92 Å². The fourth-order valence-corrected chi connectivity index (χ4v) is 3.70. The number of hydrogen-bond donors (Lipinski definition) is 1. The maximum Gasteiger partial charge on any atom is 0.243 e. The molecule has 1 atom stereocenters. The van der Waals surface area contributed by atoms with Crippen LogP contribution in [0, 0.1) is 5.92 Å². The first-order valence-electron chi connectivity index (χ1n) is 7.28. The van der Waals surface area contributed by atoms with Gasteiger partial charge in [-0.15, -0.1) is 0 Å². The molecule has 0 aromatic heterocycles. The fourth-order valence-electron chi connectivity index (χ4n) is 2.27. The Labute approximate surface area is 122 Å². The molecule has 1 unspecified atom stereocenters. The van der Waals surface area contributed by atoms with E-state index in [1.807, 2.05) is 19.1 Å². The van der Waals surface area contributed by atoms with Gasteiger partial charge >= 0.3 is 0 Å². The van der Waals surface area contributed by atoms with Crippen molar-refractivity contribution in [1.82, 2.24) is 4.31 Å². The topological polar surface area (TPSA) is 49.4 Å². The van der Waals surface area contributed by atoms with Gasteiger partial charge in [0.2, 0.25) is 10.0 Å². The molecular formula is C15H24N2O2S. The van der Waals surface area contributed by atoms with Crippen molar-refractivity contribution in [3.63, 3.8) is 0 Å². The first-order chi connectivity index (χ1) is 9.46. The van der Waals surface area contributed by atoms with Gasteiger partial charge in [0.05, 0.1) is 4.90 Å². The van der Waals surface area contributed by atoms with Crippen LogP contribution in [0.5, 0.6) is 0 Å². The van der Waals surface area contributed by atoms with E-state index in [1.165, 1.54) is 4.31 Å². The standard InChI is InChI=1S/C15H24N2O2S/c1-4-11-16-14-7-9-15(10-8-14)20(18,19)17(3)12(2)13-5-6-13/h7-10,12-13,16H,4-6,11H2,1-3H3. The Hall–Kier alpha value is -1.07. The average Bonchev–Trinajstić information content (AvgIpc) is 3.28. The fraction of sp³-hybridized carbons (Fsp3) is 0.600. The van der Waals surface area contributed by atoms with Crippen LogP contribution in [0.25, 0.3) is 0 Å². The lowest BCUT2D eigenvalue weighted by molar-refractivity contribution is 0.357. The van der Waals surface area contributed by atoms with E-state index >= 15 is 0 Å². The quantitative estimate of drug-likeness (QED) is 0.841. The molecule has 112 valence electrons. The van der Waals surface area contributed by atoms with Crippen molar-refractivity contribution >= 4 is 15.7 Å². The summed E-state index contributed by atoms with van der Waals surface area (Å²) in [6.45, 7) is 4.98. The zero-order chi connectivity index (χ0) is 14.8. The largest absolute Gasteiger partial charge is 0.385 e. The van der Waals surface area contributed by atoms with Crippen molar-refractivity contribution < 1.29 is 8.42 Å². The average molecular weight is 296 g/mol. The van der Waals surface area contributed by atoms with Crippen molar-refractivity contribution in [3.05, 3.63) is 24.3 Å². The van der Waals surface area contributed by atoms with Crippen LogP contribution in [0.4, 0.5) is 5.69 Å². The molecule has 0 heterocycles. The van der Waals surface area contributed by atoms with E-state index in [9.17, 15) is 8.42 Å². The SMILES string of the molecule is CCCNc1ccc(S(=O)(=O)N(C)C(C)C2CC2)cc1. The van der Waals surface area contributed by atoms with Crippen molar-refractivity contribution in [2.45, 2.75) is 44.0 Å². The molecule has 1 aromatic rings. The third-order valence-corrected chi connectivity index (χ3v) is 5.95. The van der Waals surface area contributed by atoms with Crippen LogP contribution in [-0.2, 0) is 10.0 Å². The van der Waals surface area contributed by atoms with E-state index in [2.05, 4.69) is 12.2 Å². The molecule has 0 spiro atoms. The lowest BCUT2D eigenvalue weighted by atomic mass is 10.2. The highest BCUT2D eigenvalue weighted by Gasteiger charge is 2.35. The number of hydrogen-bond acceptors (Lipinski definition) is 3. The second-order valence-corrected chi connectivity index (χ2v) is 7.55. The van der Waals surface area contributed by atoms with Gasteiger partial charge in [-0.3, -0.25) is 0 Å². The summed E-state index contributed by atoms with van der Waals surface area (Å²) in [5.74, 6) is 0.528. The van der Waals surface area contributed by atoms with Crippen molar-refractivity contribution in [1.29, 1.82) is 0 Å². The monoisotopic (exact) mass is 296 g/mol. The molecule has 0 amide bonds. The number of anilines is 1. The first-order valence-corrected chi connectivity index (χ1v) is 8.72. The molecular weight excluding hydrogens is 272 g/mol. The van der Waals surface area contributed by atoms with Crippen LogP contribution >= 0.6 is 0 Å². The van der Waals surface area contributed by atoms with Crippen molar-refractivity contribution in [3.8, 4) is 0 Å². The highest BCUT2D eigenvalue weighted by atomic mass is 32.2. The second kappa shape index (κ2) is 6.14. The van der Waals surface area contributed by atoms with Gasteiger partial charge in [-0.2, -0.15) is 4.31 Å². The van der Waals surface area contributed by atoms with E-state index < -0.39 is 10.0 Å². The first kappa shape index (κ1) is 15.3. The number of rotatable bonds is 7. The van der Waals surface area contributed by atoms with E-state index in [4.69, 9.17) is 0 Å². The predicted octanol–water partition coefficient (Wildman–Crippen LogP) is 2.93. The van der Waals surface area contributed by atoms with E-state index in [-0.39, 0.29) is 6.04 Å². The summed E-state index contributed by atoms with van der Waals surface area (Å²) >= 11 is 0. The van der Waals surface area contributed by atoms with Crippen LogP contribution in [0.1, 0.15) is 33.1 Å². The van der Waals surface area contributed by atoms with Gasteiger partial charge in [0.1, 0.15) is 0 Å². The van der Waals surface area contributed by atoms with Crippen molar-refractivity contribution in [2.75, 3.05) is 18.9 Å². The highest BCUT2D eigenvalue weighted by Crippen LogP contribution is 2.36. The smallest absolute Gasteiger partial charge is 0.243 e. The van der Waals surface area contributed by atoms with Gasteiger partial charge in [-0.1, -0.05) is 6.92 Å². The molecule has 1 saturated carbocycles. The highest BCUT2D eigenvalue weighted by molar-refractivity contribution is 7.89. The normalized spacial score (nSPS) is 17.2. The van der Waals surface area contributed by atoms with E-state index in [0.717, 1.165) is 31.5 Å². The Morgan fingerprint density at radius 3 is 2.40 bits per heavy atom. The molecule has 4 nitrogen and oxygen atoms in total. The lowest BCUT2D eigenvalue weighted by Crippen LogP contribution is -2.36. The van der Waals surface area contributed by atoms with Crippen LogP contribution < -0.4 is 5.32 Å². The molecule has 1 N–H and O–H groups in total. The summed E-state index contributed by atoms with van der Waals surface area (Å²) in [4.78, 5) is 0.370. The molecule has 20 heavy (non-hydrogen) atoms. The molecule has 1 aliphatic carbocycles. The Kier molecular flexibility index (Phi) is 4.70. The maximum absolute atomic E-state index is 12.5. The number of sulfonamides is 1. The van der Waals surface area contributed by atoms with Gasteiger partial charge in [-0.05, 0) is 56.4 Å². The maximum atomic E-state index is 12.5. The third-order valence-electron chi connectivity index (χ3n) is 3.99. The minimum absolute atomic E-state index is 0.0814. The lowest BCUT2D eigenvalue weighted by Gasteiger charge is -2.24. The molecule has 1 aliphatic rings. The van der Waals surface area contributed by atoms with Gasteiger partial charge in [0.25, 0.3) is 0 Å². The number of nitrogens with one attached hydrogen (secondary N) is 1. The molecule has 0 aliphatic heterocycles. The summed E-state index contributed by atoms with van der Waals surface area (Å²) in [5.41, 5.74) is 0.962. The number of nitrogens with zero attached hydrogens (tertiary/aromatic N) is 1. The van der Waals surface area contributed by atoms with Gasteiger partial charge < -0.3 is 5.32 Å². The zero-order valence-electron chi connectivity index (χ0n) is 12.5. The molecule has 1 aromatic carbocycles. The minimum atomic E-state index is -3.37. The Morgan fingerprint density at radius 2 is 1.90 bits per heavy atom. The van der Waals surface area contributed by atoms with Crippen LogP contribution in [-0.4, -0.2) is 32.4 Å². The molecule has 0 radical (unpaired) electrons. The summed E-state index contributed by atoms with van der Waals surface area (Å²) in [7, 11) is -1.69. The molecule has 5 heteroatoms. The summed E-state index contributed by atoms with van der Waals surface area (Å²) in [6.07, 6.45) is 3.32. The molecule has 1 fully saturated rings. The van der Waals surface area contributed by atoms with Crippen LogP contribution in [0.3, 0.4) is 0 Å². The summed E-state index contributed by atoms with van der Waals surface area (Å²) in [5, 5.41) is 3.24. The predicted molar refractivity (Wildman–Crippen MR) is 82.4 cm³/mol. The second-order valence-electron chi connectivity index (χ2n) is 5.55. The Bertz CT molecular complexity index is 535. The summed E-state index contributed by atoms with van der Waals surface area (Å²) in [6, 6.07) is 7.11. The zero-order valence-corrected chi connectivity index (χ0v) is 13.3.